The molecular formula is C21H22N4OS. The number of nitrogens with zero attached hydrogens (tertiary/aromatic N) is 3. The van der Waals surface area contributed by atoms with Gasteiger partial charge in [-0.15, -0.1) is 16.8 Å². The van der Waals surface area contributed by atoms with Crippen molar-refractivity contribution in [1.29, 1.82) is 0 Å². The van der Waals surface area contributed by atoms with E-state index in [1.54, 1.807) is 6.08 Å². The summed E-state index contributed by atoms with van der Waals surface area (Å²) in [5, 5.41) is 11.9. The fraction of sp³-hybridized carbons (Fsp3) is 0.190. The summed E-state index contributed by atoms with van der Waals surface area (Å²) in [5.74, 6) is 1.02. The number of allylic oxidation sites excluding steroid dienone is 1. The Hall–Kier alpha value is -2.86. The molecule has 1 heterocycles. The fourth-order valence-electron chi connectivity index (χ4n) is 2.74. The SMILES string of the molecule is C=CCn1c(C)nnc1SCC(=O)Nc1ccccc1Cc1ccccc1. The second kappa shape index (κ2) is 9.19. The van der Waals surface area contributed by atoms with E-state index in [0.717, 1.165) is 28.7 Å². The number of aromatic nitrogens is 3. The molecular weight excluding hydrogens is 356 g/mol. The minimum atomic E-state index is -0.0636. The Bertz CT molecular complexity index is 921. The lowest BCUT2D eigenvalue weighted by molar-refractivity contribution is -0.113. The van der Waals surface area contributed by atoms with Gasteiger partial charge < -0.3 is 9.88 Å². The minimum Gasteiger partial charge on any atom is -0.325 e. The lowest BCUT2D eigenvalue weighted by Gasteiger charge is -2.11. The average molecular weight is 379 g/mol. The highest BCUT2D eigenvalue weighted by Gasteiger charge is 2.12. The van der Waals surface area contributed by atoms with Gasteiger partial charge in [0.05, 0.1) is 5.75 Å². The molecule has 5 nitrogen and oxygen atoms in total. The lowest BCUT2D eigenvalue weighted by atomic mass is 10.0. The number of benzene rings is 2. The molecule has 1 N–H and O–H groups in total. The molecule has 1 aromatic heterocycles. The van der Waals surface area contributed by atoms with Gasteiger partial charge in [0.1, 0.15) is 5.82 Å². The summed E-state index contributed by atoms with van der Waals surface area (Å²) >= 11 is 1.37. The van der Waals surface area contributed by atoms with Crippen LogP contribution in [0.5, 0.6) is 0 Å². The molecule has 6 heteroatoms. The standard InChI is InChI=1S/C21H22N4OS/c1-3-13-25-16(2)23-24-21(25)27-15-20(26)22-19-12-8-7-11-18(19)14-17-9-5-4-6-10-17/h3-12H,1,13-15H2,2H3,(H,22,26). The smallest absolute Gasteiger partial charge is 0.234 e. The monoisotopic (exact) mass is 378 g/mol. The van der Waals surface area contributed by atoms with Gasteiger partial charge in [0.2, 0.25) is 5.91 Å². The van der Waals surface area contributed by atoms with E-state index in [4.69, 9.17) is 0 Å². The number of carbonyl (C=O) groups excluding carboxylic acids is 1. The zero-order valence-electron chi connectivity index (χ0n) is 15.3. The fourth-order valence-corrected chi connectivity index (χ4v) is 3.53. The van der Waals surface area contributed by atoms with Crippen molar-refractivity contribution in [3.05, 3.63) is 84.2 Å². The van der Waals surface area contributed by atoms with Crippen molar-refractivity contribution >= 4 is 23.4 Å². The summed E-state index contributed by atoms with van der Waals surface area (Å²) in [6.07, 6.45) is 2.57. The van der Waals surface area contributed by atoms with E-state index in [-0.39, 0.29) is 11.7 Å². The zero-order valence-corrected chi connectivity index (χ0v) is 16.1. The first-order valence-corrected chi connectivity index (χ1v) is 9.71. The van der Waals surface area contributed by atoms with Crippen LogP contribution in [-0.4, -0.2) is 26.4 Å². The molecule has 0 aliphatic rings. The molecule has 27 heavy (non-hydrogen) atoms. The van der Waals surface area contributed by atoms with E-state index in [1.165, 1.54) is 17.3 Å². The summed E-state index contributed by atoms with van der Waals surface area (Å²) in [6, 6.07) is 18.1. The van der Waals surface area contributed by atoms with Crippen LogP contribution in [0, 0.1) is 6.92 Å². The van der Waals surface area contributed by atoms with Crippen molar-refractivity contribution in [3.63, 3.8) is 0 Å². The van der Waals surface area contributed by atoms with Gasteiger partial charge in [0.15, 0.2) is 5.16 Å². The Morgan fingerprint density at radius 3 is 2.67 bits per heavy atom. The van der Waals surface area contributed by atoms with Crippen molar-refractivity contribution < 1.29 is 4.79 Å². The van der Waals surface area contributed by atoms with Crippen LogP contribution in [0.2, 0.25) is 0 Å². The summed E-state index contributed by atoms with van der Waals surface area (Å²) < 4.78 is 1.94. The molecule has 0 bridgehead atoms. The Kier molecular flexibility index (Phi) is 6.44. The maximum Gasteiger partial charge on any atom is 0.234 e. The Labute approximate surface area is 163 Å². The normalized spacial score (nSPS) is 10.6. The molecule has 2 aromatic carbocycles. The minimum absolute atomic E-state index is 0.0636. The second-order valence-corrected chi connectivity index (χ2v) is 7.03. The molecule has 0 saturated carbocycles. The highest BCUT2D eigenvalue weighted by atomic mass is 32.2. The molecule has 0 atom stereocenters. The van der Waals surface area contributed by atoms with Crippen LogP contribution in [0.25, 0.3) is 0 Å². The first-order valence-electron chi connectivity index (χ1n) is 8.72. The molecule has 0 unspecified atom stereocenters. The third-order valence-corrected chi connectivity index (χ3v) is 5.04. The number of amides is 1. The highest BCUT2D eigenvalue weighted by molar-refractivity contribution is 7.99. The Morgan fingerprint density at radius 1 is 1.15 bits per heavy atom. The predicted molar refractivity (Wildman–Crippen MR) is 110 cm³/mol. The van der Waals surface area contributed by atoms with E-state index in [9.17, 15) is 4.79 Å². The van der Waals surface area contributed by atoms with E-state index in [2.05, 4.69) is 34.2 Å². The Morgan fingerprint density at radius 2 is 1.89 bits per heavy atom. The van der Waals surface area contributed by atoms with Gasteiger partial charge in [-0.3, -0.25) is 4.79 Å². The molecule has 1 amide bonds. The second-order valence-electron chi connectivity index (χ2n) is 6.09. The van der Waals surface area contributed by atoms with Gasteiger partial charge in [0.25, 0.3) is 0 Å². The first-order chi connectivity index (χ1) is 13.2. The van der Waals surface area contributed by atoms with Gasteiger partial charge in [-0.2, -0.15) is 0 Å². The van der Waals surface area contributed by atoms with Gasteiger partial charge in [-0.1, -0.05) is 66.4 Å². The molecule has 138 valence electrons. The number of anilines is 1. The van der Waals surface area contributed by atoms with E-state index in [0.29, 0.717) is 6.54 Å². The summed E-state index contributed by atoms with van der Waals surface area (Å²) in [5.41, 5.74) is 3.14. The van der Waals surface area contributed by atoms with E-state index in [1.807, 2.05) is 54.0 Å². The average Bonchev–Trinajstić information content (AvgIpc) is 3.03. The van der Waals surface area contributed by atoms with Crippen molar-refractivity contribution in [2.75, 3.05) is 11.1 Å². The van der Waals surface area contributed by atoms with Crippen molar-refractivity contribution in [2.45, 2.75) is 25.0 Å². The lowest BCUT2D eigenvalue weighted by Crippen LogP contribution is -2.16. The van der Waals surface area contributed by atoms with Crippen LogP contribution in [-0.2, 0) is 17.8 Å². The van der Waals surface area contributed by atoms with E-state index >= 15 is 0 Å². The number of hydrogen-bond acceptors (Lipinski definition) is 4. The zero-order chi connectivity index (χ0) is 19.1. The third kappa shape index (κ3) is 5.08. The largest absolute Gasteiger partial charge is 0.325 e. The molecule has 3 rings (SSSR count). The molecule has 0 aliphatic carbocycles. The number of carbonyl (C=O) groups is 1. The summed E-state index contributed by atoms with van der Waals surface area (Å²) in [7, 11) is 0. The van der Waals surface area contributed by atoms with Gasteiger partial charge >= 0.3 is 0 Å². The molecule has 0 aliphatic heterocycles. The summed E-state index contributed by atoms with van der Waals surface area (Å²) in [4.78, 5) is 12.5. The molecule has 0 spiro atoms. The first kappa shape index (κ1) is 18.9. The number of thioether (sulfide) groups is 1. The molecule has 3 aromatic rings. The van der Waals surface area contributed by atoms with Crippen molar-refractivity contribution in [2.24, 2.45) is 0 Å². The molecule has 0 fully saturated rings. The van der Waals surface area contributed by atoms with Crippen LogP contribution in [0.15, 0.2) is 72.4 Å². The van der Waals surface area contributed by atoms with Crippen LogP contribution in [0.4, 0.5) is 5.69 Å². The van der Waals surface area contributed by atoms with Crippen molar-refractivity contribution in [1.82, 2.24) is 14.8 Å². The highest BCUT2D eigenvalue weighted by Crippen LogP contribution is 2.21. The van der Waals surface area contributed by atoms with Crippen LogP contribution in [0.3, 0.4) is 0 Å². The quantitative estimate of drug-likeness (QED) is 0.474. The van der Waals surface area contributed by atoms with Gasteiger partial charge in [-0.05, 0) is 30.5 Å². The molecule has 0 saturated heterocycles. The topological polar surface area (TPSA) is 59.8 Å². The number of rotatable bonds is 8. The van der Waals surface area contributed by atoms with E-state index < -0.39 is 0 Å². The number of nitrogens with one attached hydrogen (secondary N) is 1. The number of para-hydroxylation sites is 1. The third-order valence-electron chi connectivity index (χ3n) is 4.07. The number of aryl methyl sites for hydroxylation is 1. The van der Waals surface area contributed by atoms with Crippen LogP contribution in [0.1, 0.15) is 17.0 Å². The van der Waals surface area contributed by atoms with Crippen LogP contribution >= 0.6 is 11.8 Å². The maximum absolute atomic E-state index is 12.5. The van der Waals surface area contributed by atoms with Crippen molar-refractivity contribution in [3.8, 4) is 0 Å². The van der Waals surface area contributed by atoms with Gasteiger partial charge in [-0.25, -0.2) is 0 Å². The predicted octanol–water partition coefficient (Wildman–Crippen LogP) is 4.09. The Balaban J connectivity index is 1.64. The summed E-state index contributed by atoms with van der Waals surface area (Å²) in [6.45, 7) is 6.27. The van der Waals surface area contributed by atoms with Crippen LogP contribution < -0.4 is 5.32 Å². The number of hydrogen-bond donors (Lipinski definition) is 1. The molecule has 0 radical (unpaired) electrons. The maximum atomic E-state index is 12.5. The van der Waals surface area contributed by atoms with Gasteiger partial charge in [0, 0.05) is 12.2 Å².